The fourth-order valence-corrected chi connectivity index (χ4v) is 2.39. The molecule has 0 radical (unpaired) electrons. The van der Waals surface area contributed by atoms with Gasteiger partial charge >= 0.3 is 0 Å². The molecular formula is C14H17N5O2. The summed E-state index contributed by atoms with van der Waals surface area (Å²) in [6.45, 7) is 2.68. The molecule has 110 valence electrons. The second kappa shape index (κ2) is 5.63. The van der Waals surface area contributed by atoms with Gasteiger partial charge in [0.15, 0.2) is 5.82 Å². The summed E-state index contributed by atoms with van der Waals surface area (Å²) < 4.78 is 5.32. The van der Waals surface area contributed by atoms with Crippen molar-refractivity contribution < 1.29 is 9.32 Å². The van der Waals surface area contributed by atoms with Gasteiger partial charge in [-0.15, -0.1) is 0 Å². The number of rotatable bonds is 3. The lowest BCUT2D eigenvalue weighted by molar-refractivity contribution is 0.100. The first-order valence-corrected chi connectivity index (χ1v) is 6.80. The standard InChI is InChI=1S/C14H17N5O2/c1-19-6-5-16-8-11(19)13-17-14(21-18-13)10-4-2-3-9(7-10)12(15)20/h2-4,7,11,16H,5-6,8H2,1H3,(H2,15,20). The monoisotopic (exact) mass is 287 g/mol. The predicted molar refractivity (Wildman–Crippen MR) is 76.5 cm³/mol. The predicted octanol–water partition coefficient (Wildman–Crippen LogP) is 0.412. The van der Waals surface area contributed by atoms with Crippen LogP contribution in [0.5, 0.6) is 0 Å². The van der Waals surface area contributed by atoms with E-state index in [9.17, 15) is 4.79 Å². The molecule has 21 heavy (non-hydrogen) atoms. The summed E-state index contributed by atoms with van der Waals surface area (Å²) in [5.41, 5.74) is 6.39. The van der Waals surface area contributed by atoms with Crippen molar-refractivity contribution in [2.24, 2.45) is 5.73 Å². The molecule has 1 aliphatic rings. The Morgan fingerprint density at radius 1 is 1.52 bits per heavy atom. The highest BCUT2D eigenvalue weighted by molar-refractivity contribution is 5.93. The molecule has 7 nitrogen and oxygen atoms in total. The number of aromatic nitrogens is 2. The Morgan fingerprint density at radius 3 is 3.14 bits per heavy atom. The third-order valence-electron chi connectivity index (χ3n) is 3.64. The molecule has 1 fully saturated rings. The summed E-state index contributed by atoms with van der Waals surface area (Å²) in [4.78, 5) is 17.8. The van der Waals surface area contributed by atoms with Gasteiger partial charge in [-0.3, -0.25) is 9.69 Å². The summed E-state index contributed by atoms with van der Waals surface area (Å²) in [5.74, 6) is 0.559. The maximum Gasteiger partial charge on any atom is 0.258 e. The number of likely N-dealkylation sites (N-methyl/N-ethyl adjacent to an activating group) is 1. The van der Waals surface area contributed by atoms with Crippen molar-refractivity contribution in [2.45, 2.75) is 6.04 Å². The molecule has 0 aliphatic carbocycles. The number of benzene rings is 1. The van der Waals surface area contributed by atoms with E-state index < -0.39 is 5.91 Å². The van der Waals surface area contributed by atoms with Gasteiger partial charge in [0.05, 0.1) is 6.04 Å². The van der Waals surface area contributed by atoms with Crippen LogP contribution in [0.25, 0.3) is 11.5 Å². The minimum absolute atomic E-state index is 0.0931. The van der Waals surface area contributed by atoms with Gasteiger partial charge in [0.25, 0.3) is 5.89 Å². The number of hydrogen-bond acceptors (Lipinski definition) is 6. The number of amides is 1. The molecule has 1 saturated heterocycles. The lowest BCUT2D eigenvalue weighted by Gasteiger charge is -2.30. The Bertz CT molecular complexity index is 654. The number of carbonyl (C=O) groups is 1. The summed E-state index contributed by atoms with van der Waals surface area (Å²) in [7, 11) is 2.04. The van der Waals surface area contributed by atoms with Gasteiger partial charge in [-0.1, -0.05) is 11.2 Å². The van der Waals surface area contributed by atoms with Crippen LogP contribution in [0, 0.1) is 0 Å². The van der Waals surface area contributed by atoms with E-state index in [2.05, 4.69) is 20.4 Å². The molecule has 7 heteroatoms. The number of nitrogens with one attached hydrogen (secondary N) is 1. The van der Waals surface area contributed by atoms with E-state index in [1.165, 1.54) is 0 Å². The molecule has 0 saturated carbocycles. The minimum Gasteiger partial charge on any atom is -0.366 e. The van der Waals surface area contributed by atoms with E-state index in [1.807, 2.05) is 13.1 Å². The van der Waals surface area contributed by atoms with Crippen molar-refractivity contribution in [3.63, 3.8) is 0 Å². The van der Waals surface area contributed by atoms with Crippen LogP contribution in [0.4, 0.5) is 0 Å². The van der Waals surface area contributed by atoms with Crippen molar-refractivity contribution in [1.82, 2.24) is 20.4 Å². The molecular weight excluding hydrogens is 270 g/mol. The van der Waals surface area contributed by atoms with E-state index in [1.54, 1.807) is 18.2 Å². The highest BCUT2D eigenvalue weighted by Crippen LogP contribution is 2.23. The van der Waals surface area contributed by atoms with Crippen molar-refractivity contribution in [3.8, 4) is 11.5 Å². The number of carbonyl (C=O) groups excluding carboxylic acids is 1. The maximum absolute atomic E-state index is 11.2. The Balaban J connectivity index is 1.87. The average Bonchev–Trinajstić information content (AvgIpc) is 2.97. The summed E-state index contributed by atoms with van der Waals surface area (Å²) in [6, 6.07) is 6.96. The van der Waals surface area contributed by atoms with Crippen LogP contribution >= 0.6 is 0 Å². The highest BCUT2D eigenvalue weighted by Gasteiger charge is 2.25. The molecule has 1 amide bonds. The van der Waals surface area contributed by atoms with Crippen molar-refractivity contribution in [2.75, 3.05) is 26.7 Å². The molecule has 1 unspecified atom stereocenters. The number of nitrogens with two attached hydrogens (primary N) is 1. The number of hydrogen-bond donors (Lipinski definition) is 2. The van der Waals surface area contributed by atoms with E-state index in [4.69, 9.17) is 10.3 Å². The third kappa shape index (κ3) is 2.79. The number of primary amides is 1. The Hall–Kier alpha value is -2.25. The van der Waals surface area contributed by atoms with Crippen LogP contribution in [-0.4, -0.2) is 47.6 Å². The normalized spacial score (nSPS) is 19.6. The summed E-state index contributed by atoms with van der Waals surface area (Å²) in [6.07, 6.45) is 0. The summed E-state index contributed by atoms with van der Waals surface area (Å²) >= 11 is 0. The largest absolute Gasteiger partial charge is 0.366 e. The Labute approximate surface area is 122 Å². The van der Waals surface area contributed by atoms with E-state index in [0.717, 1.165) is 19.6 Å². The van der Waals surface area contributed by atoms with Crippen LogP contribution in [0.3, 0.4) is 0 Å². The molecule has 3 N–H and O–H groups in total. The molecule has 1 atom stereocenters. The fraction of sp³-hybridized carbons (Fsp3) is 0.357. The van der Waals surface area contributed by atoms with Crippen LogP contribution < -0.4 is 11.1 Å². The highest BCUT2D eigenvalue weighted by atomic mass is 16.5. The zero-order valence-electron chi connectivity index (χ0n) is 11.7. The first-order valence-electron chi connectivity index (χ1n) is 6.80. The SMILES string of the molecule is CN1CCNCC1c1noc(-c2cccc(C(N)=O)c2)n1. The molecule has 2 aromatic rings. The van der Waals surface area contributed by atoms with Gasteiger partial charge < -0.3 is 15.6 Å². The topological polar surface area (TPSA) is 97.3 Å². The first kappa shape index (κ1) is 13.7. The van der Waals surface area contributed by atoms with Crippen molar-refractivity contribution >= 4 is 5.91 Å². The smallest absolute Gasteiger partial charge is 0.258 e. The van der Waals surface area contributed by atoms with E-state index in [0.29, 0.717) is 22.8 Å². The van der Waals surface area contributed by atoms with Gasteiger partial charge in [-0.2, -0.15) is 4.98 Å². The Morgan fingerprint density at radius 2 is 2.38 bits per heavy atom. The maximum atomic E-state index is 11.2. The quantitative estimate of drug-likeness (QED) is 0.848. The minimum atomic E-state index is -0.479. The average molecular weight is 287 g/mol. The molecule has 1 aliphatic heterocycles. The van der Waals surface area contributed by atoms with Crippen molar-refractivity contribution in [3.05, 3.63) is 35.7 Å². The number of nitrogens with zero attached hydrogens (tertiary/aromatic N) is 3. The van der Waals surface area contributed by atoms with E-state index >= 15 is 0 Å². The first-order chi connectivity index (χ1) is 10.1. The lowest BCUT2D eigenvalue weighted by atomic mass is 10.1. The van der Waals surface area contributed by atoms with Crippen molar-refractivity contribution in [1.29, 1.82) is 0 Å². The van der Waals surface area contributed by atoms with Gasteiger partial charge in [0, 0.05) is 30.8 Å². The van der Waals surface area contributed by atoms with Gasteiger partial charge in [0.1, 0.15) is 0 Å². The van der Waals surface area contributed by atoms with Gasteiger partial charge in [0.2, 0.25) is 5.91 Å². The van der Waals surface area contributed by atoms with Gasteiger partial charge in [-0.05, 0) is 25.2 Å². The second-order valence-electron chi connectivity index (χ2n) is 5.10. The molecule has 0 spiro atoms. The van der Waals surface area contributed by atoms with Crippen LogP contribution in [0.2, 0.25) is 0 Å². The summed E-state index contributed by atoms with van der Waals surface area (Å²) in [5, 5.41) is 7.37. The van der Waals surface area contributed by atoms with Gasteiger partial charge in [-0.25, -0.2) is 0 Å². The molecule has 3 rings (SSSR count). The van der Waals surface area contributed by atoms with Crippen LogP contribution in [0.15, 0.2) is 28.8 Å². The lowest BCUT2D eigenvalue weighted by Crippen LogP contribution is -2.44. The third-order valence-corrected chi connectivity index (χ3v) is 3.64. The second-order valence-corrected chi connectivity index (χ2v) is 5.10. The van der Waals surface area contributed by atoms with Crippen LogP contribution in [0.1, 0.15) is 22.2 Å². The molecule has 2 heterocycles. The molecule has 1 aromatic heterocycles. The molecule has 0 bridgehead atoms. The fourth-order valence-electron chi connectivity index (χ4n) is 2.39. The zero-order chi connectivity index (χ0) is 14.8. The van der Waals surface area contributed by atoms with E-state index in [-0.39, 0.29) is 6.04 Å². The number of piperazine rings is 1. The Kier molecular flexibility index (Phi) is 3.68. The zero-order valence-corrected chi connectivity index (χ0v) is 11.7. The van der Waals surface area contributed by atoms with Crippen LogP contribution in [-0.2, 0) is 0 Å². The molecule has 1 aromatic carbocycles.